The quantitative estimate of drug-likeness (QED) is 0.825. The molecule has 2 aromatic rings. The summed E-state index contributed by atoms with van der Waals surface area (Å²) < 4.78 is 7.19. The third kappa shape index (κ3) is 3.99. The number of anilines is 1. The Labute approximate surface area is 154 Å². The Balaban J connectivity index is 1.29. The van der Waals surface area contributed by atoms with E-state index in [0.29, 0.717) is 12.2 Å². The Kier molecular flexibility index (Phi) is 5.25. The van der Waals surface area contributed by atoms with E-state index in [1.165, 1.54) is 49.3 Å². The van der Waals surface area contributed by atoms with E-state index in [9.17, 15) is 0 Å². The van der Waals surface area contributed by atoms with Gasteiger partial charge in [-0.1, -0.05) is 0 Å². The van der Waals surface area contributed by atoms with E-state index in [2.05, 4.69) is 46.1 Å². The Hall–Kier alpha value is -1.17. The summed E-state index contributed by atoms with van der Waals surface area (Å²) in [5.74, 6) is 0.866. The SMILES string of the molecule is CC1CN(CCC2CCN(c3ccnc4ccsc34)CC2)CC(C)O1. The average molecular weight is 360 g/mol. The molecule has 2 unspecified atom stereocenters. The third-order valence-corrected chi connectivity index (χ3v) is 6.55. The largest absolute Gasteiger partial charge is 0.373 e. The van der Waals surface area contributed by atoms with Gasteiger partial charge in [-0.3, -0.25) is 9.88 Å². The molecule has 2 aliphatic rings. The summed E-state index contributed by atoms with van der Waals surface area (Å²) in [6, 6.07) is 4.32. The minimum absolute atomic E-state index is 0.380. The topological polar surface area (TPSA) is 28.6 Å². The summed E-state index contributed by atoms with van der Waals surface area (Å²) in [7, 11) is 0. The predicted molar refractivity (Wildman–Crippen MR) is 106 cm³/mol. The van der Waals surface area contributed by atoms with Crippen molar-refractivity contribution >= 4 is 27.2 Å². The number of hydrogen-bond acceptors (Lipinski definition) is 5. The molecule has 2 aromatic heterocycles. The molecule has 25 heavy (non-hydrogen) atoms. The van der Waals surface area contributed by atoms with Crippen molar-refractivity contribution in [3.05, 3.63) is 23.7 Å². The van der Waals surface area contributed by atoms with Crippen LogP contribution in [0.15, 0.2) is 23.7 Å². The Bertz CT molecular complexity index is 685. The first-order valence-electron chi connectivity index (χ1n) is 9.64. The van der Waals surface area contributed by atoms with E-state index in [1.807, 2.05) is 17.5 Å². The summed E-state index contributed by atoms with van der Waals surface area (Å²) in [6.07, 6.45) is 6.67. The molecule has 2 saturated heterocycles. The van der Waals surface area contributed by atoms with E-state index in [0.717, 1.165) is 24.5 Å². The number of nitrogens with zero attached hydrogens (tertiary/aromatic N) is 3. The average Bonchev–Trinajstić information content (AvgIpc) is 3.08. The number of pyridine rings is 1. The molecule has 2 atom stereocenters. The highest BCUT2D eigenvalue weighted by Gasteiger charge is 2.25. The Morgan fingerprint density at radius 3 is 2.68 bits per heavy atom. The molecular formula is C20H29N3OS. The number of rotatable bonds is 4. The minimum Gasteiger partial charge on any atom is -0.373 e. The second-order valence-electron chi connectivity index (χ2n) is 7.70. The molecular weight excluding hydrogens is 330 g/mol. The normalized spacial score (nSPS) is 26.4. The first kappa shape index (κ1) is 17.3. The molecule has 0 aromatic carbocycles. The smallest absolute Gasteiger partial charge is 0.0830 e. The number of piperidine rings is 1. The molecule has 136 valence electrons. The van der Waals surface area contributed by atoms with Crippen molar-refractivity contribution < 1.29 is 4.74 Å². The summed E-state index contributed by atoms with van der Waals surface area (Å²) in [5, 5.41) is 2.15. The van der Waals surface area contributed by atoms with Gasteiger partial charge in [-0.2, -0.15) is 0 Å². The van der Waals surface area contributed by atoms with Gasteiger partial charge in [0, 0.05) is 32.4 Å². The molecule has 0 amide bonds. The first-order valence-corrected chi connectivity index (χ1v) is 10.5. The Morgan fingerprint density at radius 2 is 1.92 bits per heavy atom. The van der Waals surface area contributed by atoms with Crippen molar-refractivity contribution in [1.29, 1.82) is 0 Å². The van der Waals surface area contributed by atoms with E-state index >= 15 is 0 Å². The highest BCUT2D eigenvalue weighted by molar-refractivity contribution is 7.17. The van der Waals surface area contributed by atoms with Gasteiger partial charge in [-0.15, -0.1) is 11.3 Å². The fourth-order valence-electron chi connectivity index (χ4n) is 4.40. The fourth-order valence-corrected chi connectivity index (χ4v) is 5.30. The molecule has 0 aliphatic carbocycles. The highest BCUT2D eigenvalue weighted by atomic mass is 32.1. The first-order chi connectivity index (χ1) is 12.2. The van der Waals surface area contributed by atoms with Crippen molar-refractivity contribution in [1.82, 2.24) is 9.88 Å². The van der Waals surface area contributed by atoms with Crippen molar-refractivity contribution in [2.45, 2.75) is 45.3 Å². The third-order valence-electron chi connectivity index (χ3n) is 5.63. The zero-order valence-electron chi connectivity index (χ0n) is 15.4. The lowest BCUT2D eigenvalue weighted by Gasteiger charge is -2.37. The van der Waals surface area contributed by atoms with Gasteiger partial charge >= 0.3 is 0 Å². The van der Waals surface area contributed by atoms with Crippen LogP contribution in [-0.4, -0.2) is 54.8 Å². The van der Waals surface area contributed by atoms with Gasteiger partial charge in [-0.25, -0.2) is 0 Å². The molecule has 0 N–H and O–H groups in total. The van der Waals surface area contributed by atoms with Gasteiger partial charge in [0.2, 0.25) is 0 Å². The monoisotopic (exact) mass is 359 g/mol. The fraction of sp³-hybridized carbons (Fsp3) is 0.650. The number of thiophene rings is 1. The molecule has 5 heteroatoms. The summed E-state index contributed by atoms with van der Waals surface area (Å²) >= 11 is 1.82. The van der Waals surface area contributed by atoms with Gasteiger partial charge in [0.15, 0.2) is 0 Å². The van der Waals surface area contributed by atoms with Crippen LogP contribution in [0, 0.1) is 5.92 Å². The number of ether oxygens (including phenoxy) is 1. The van der Waals surface area contributed by atoms with Gasteiger partial charge in [0.05, 0.1) is 28.1 Å². The summed E-state index contributed by atoms with van der Waals surface area (Å²) in [4.78, 5) is 9.64. The van der Waals surface area contributed by atoms with Gasteiger partial charge in [0.25, 0.3) is 0 Å². The number of fused-ring (bicyclic) bond motifs is 1. The van der Waals surface area contributed by atoms with Gasteiger partial charge in [0.1, 0.15) is 0 Å². The molecule has 0 radical (unpaired) electrons. The van der Waals surface area contributed by atoms with Crippen LogP contribution in [0.4, 0.5) is 5.69 Å². The van der Waals surface area contributed by atoms with Crippen LogP contribution in [0.2, 0.25) is 0 Å². The number of morpholine rings is 1. The second kappa shape index (κ2) is 7.60. The maximum Gasteiger partial charge on any atom is 0.0830 e. The molecule has 2 aliphatic heterocycles. The highest BCUT2D eigenvalue weighted by Crippen LogP contribution is 2.33. The van der Waals surface area contributed by atoms with Crippen LogP contribution in [0.5, 0.6) is 0 Å². The zero-order chi connectivity index (χ0) is 17.2. The standard InChI is InChI=1S/C20H29N3OS/c1-15-13-22(14-16(2)24-15)9-4-17-5-10-23(11-6-17)19-3-8-21-18-7-12-25-20(18)19/h3,7-8,12,15-17H,4-6,9-11,13-14H2,1-2H3. The molecule has 4 heterocycles. The predicted octanol–water partition coefficient (Wildman–Crippen LogP) is 4.01. The molecule has 0 bridgehead atoms. The van der Waals surface area contributed by atoms with Crippen molar-refractivity contribution in [2.24, 2.45) is 5.92 Å². The summed E-state index contributed by atoms with van der Waals surface area (Å²) in [5.41, 5.74) is 2.52. The van der Waals surface area contributed by atoms with E-state index in [-0.39, 0.29) is 0 Å². The molecule has 2 fully saturated rings. The minimum atomic E-state index is 0.380. The van der Waals surface area contributed by atoms with E-state index < -0.39 is 0 Å². The molecule has 0 saturated carbocycles. The lowest BCUT2D eigenvalue weighted by Crippen LogP contribution is -2.46. The van der Waals surface area contributed by atoms with Crippen molar-refractivity contribution in [3.63, 3.8) is 0 Å². The van der Waals surface area contributed by atoms with Crippen LogP contribution in [0.3, 0.4) is 0 Å². The molecule has 0 spiro atoms. The second-order valence-corrected chi connectivity index (χ2v) is 8.62. The maximum absolute atomic E-state index is 5.85. The van der Waals surface area contributed by atoms with Crippen LogP contribution in [0.25, 0.3) is 10.2 Å². The lowest BCUT2D eigenvalue weighted by molar-refractivity contribution is -0.0690. The molecule has 4 rings (SSSR count). The zero-order valence-corrected chi connectivity index (χ0v) is 16.2. The Morgan fingerprint density at radius 1 is 1.16 bits per heavy atom. The maximum atomic E-state index is 5.85. The van der Waals surface area contributed by atoms with Crippen LogP contribution < -0.4 is 4.90 Å². The van der Waals surface area contributed by atoms with Gasteiger partial charge < -0.3 is 9.64 Å². The van der Waals surface area contributed by atoms with E-state index in [4.69, 9.17) is 4.74 Å². The summed E-state index contributed by atoms with van der Waals surface area (Å²) in [6.45, 7) is 10.2. The van der Waals surface area contributed by atoms with Gasteiger partial charge in [-0.05, 0) is 63.1 Å². The number of hydrogen-bond donors (Lipinski definition) is 0. The van der Waals surface area contributed by atoms with Crippen molar-refractivity contribution in [2.75, 3.05) is 37.6 Å². The van der Waals surface area contributed by atoms with Crippen LogP contribution in [-0.2, 0) is 4.74 Å². The number of aromatic nitrogens is 1. The lowest BCUT2D eigenvalue weighted by atomic mass is 9.93. The van der Waals surface area contributed by atoms with Crippen LogP contribution in [0.1, 0.15) is 33.1 Å². The van der Waals surface area contributed by atoms with Crippen molar-refractivity contribution in [3.8, 4) is 0 Å². The van der Waals surface area contributed by atoms with E-state index in [1.54, 1.807) is 0 Å². The van der Waals surface area contributed by atoms with Crippen LogP contribution >= 0.6 is 11.3 Å². The molecule has 4 nitrogen and oxygen atoms in total.